The highest BCUT2D eigenvalue weighted by Crippen LogP contribution is 2.26. The van der Waals surface area contributed by atoms with Crippen molar-refractivity contribution < 1.29 is 4.74 Å². The third-order valence-corrected chi connectivity index (χ3v) is 4.60. The van der Waals surface area contributed by atoms with Gasteiger partial charge in [0.1, 0.15) is 0 Å². The van der Waals surface area contributed by atoms with Crippen molar-refractivity contribution in [1.82, 2.24) is 5.32 Å². The summed E-state index contributed by atoms with van der Waals surface area (Å²) in [7, 11) is 0. The van der Waals surface area contributed by atoms with Gasteiger partial charge in [0.25, 0.3) is 0 Å². The van der Waals surface area contributed by atoms with E-state index in [-0.39, 0.29) is 0 Å². The fraction of sp³-hybridized carbons (Fsp3) is 0.600. The molecule has 2 nitrogen and oxygen atoms in total. The average molecular weight is 347 g/mol. The molecule has 1 unspecified atom stereocenters. The van der Waals surface area contributed by atoms with Crippen LogP contribution < -0.4 is 5.32 Å². The third-order valence-electron chi connectivity index (χ3n) is 3.76. The first-order chi connectivity index (χ1) is 9.20. The minimum Gasteiger partial charge on any atom is -0.381 e. The van der Waals surface area contributed by atoms with E-state index in [1.165, 1.54) is 5.56 Å². The van der Waals surface area contributed by atoms with E-state index in [2.05, 4.69) is 40.3 Å². The van der Waals surface area contributed by atoms with E-state index in [0.717, 1.165) is 48.5 Å². The van der Waals surface area contributed by atoms with E-state index in [0.29, 0.717) is 12.0 Å². The highest BCUT2D eigenvalue weighted by Gasteiger charge is 2.24. The predicted molar refractivity (Wildman–Crippen MR) is 83.9 cm³/mol. The summed E-state index contributed by atoms with van der Waals surface area (Å²) in [6, 6.07) is 6.65. The SMILES string of the molecule is CCNC(Cc1ccc(Br)cc1Cl)C1CCOCC1. The molecule has 1 atom stereocenters. The van der Waals surface area contributed by atoms with Crippen LogP contribution in [0.4, 0.5) is 0 Å². The van der Waals surface area contributed by atoms with Gasteiger partial charge in [0.15, 0.2) is 0 Å². The minimum absolute atomic E-state index is 0.493. The van der Waals surface area contributed by atoms with Crippen molar-refractivity contribution in [3.8, 4) is 0 Å². The summed E-state index contributed by atoms with van der Waals surface area (Å²) in [4.78, 5) is 0. The van der Waals surface area contributed by atoms with Crippen molar-refractivity contribution in [2.24, 2.45) is 5.92 Å². The van der Waals surface area contributed by atoms with Crippen LogP contribution in [0.3, 0.4) is 0 Å². The Morgan fingerprint density at radius 2 is 2.16 bits per heavy atom. The second-order valence-corrected chi connectivity index (χ2v) is 6.38. The van der Waals surface area contributed by atoms with E-state index in [4.69, 9.17) is 16.3 Å². The lowest BCUT2D eigenvalue weighted by molar-refractivity contribution is 0.0540. The van der Waals surface area contributed by atoms with Gasteiger partial charge in [-0.25, -0.2) is 0 Å². The predicted octanol–water partition coefficient (Wildman–Crippen LogP) is 4.05. The van der Waals surface area contributed by atoms with Gasteiger partial charge >= 0.3 is 0 Å². The van der Waals surface area contributed by atoms with Crippen LogP contribution in [0, 0.1) is 5.92 Å². The van der Waals surface area contributed by atoms with Crippen LogP contribution in [-0.2, 0) is 11.2 Å². The van der Waals surface area contributed by atoms with E-state index < -0.39 is 0 Å². The van der Waals surface area contributed by atoms with Crippen LogP contribution in [0.25, 0.3) is 0 Å². The third kappa shape index (κ3) is 4.45. The smallest absolute Gasteiger partial charge is 0.0469 e. The van der Waals surface area contributed by atoms with Crippen LogP contribution in [0.15, 0.2) is 22.7 Å². The molecule has 1 heterocycles. The van der Waals surface area contributed by atoms with Crippen LogP contribution in [0.1, 0.15) is 25.3 Å². The average Bonchev–Trinajstić information content (AvgIpc) is 2.42. The molecule has 0 spiro atoms. The number of hydrogen-bond donors (Lipinski definition) is 1. The van der Waals surface area contributed by atoms with Gasteiger partial charge in [-0.05, 0) is 49.4 Å². The van der Waals surface area contributed by atoms with Gasteiger partial charge in [-0.3, -0.25) is 0 Å². The first-order valence-electron chi connectivity index (χ1n) is 6.95. The molecule has 0 amide bonds. The van der Waals surface area contributed by atoms with Crippen molar-refractivity contribution in [1.29, 1.82) is 0 Å². The molecule has 0 radical (unpaired) electrons. The van der Waals surface area contributed by atoms with Gasteiger partial charge in [0, 0.05) is 28.8 Å². The molecule has 1 aliphatic rings. The quantitative estimate of drug-likeness (QED) is 0.868. The maximum absolute atomic E-state index is 6.33. The number of halogens is 2. The molecule has 1 aromatic rings. The summed E-state index contributed by atoms with van der Waals surface area (Å²) >= 11 is 9.78. The van der Waals surface area contributed by atoms with Gasteiger partial charge in [-0.1, -0.05) is 40.5 Å². The Labute approximate surface area is 129 Å². The van der Waals surface area contributed by atoms with Gasteiger partial charge in [0.2, 0.25) is 0 Å². The zero-order chi connectivity index (χ0) is 13.7. The maximum Gasteiger partial charge on any atom is 0.0469 e. The first kappa shape index (κ1) is 15.3. The Balaban J connectivity index is 2.06. The molecule has 106 valence electrons. The monoisotopic (exact) mass is 345 g/mol. The summed E-state index contributed by atoms with van der Waals surface area (Å²) in [5, 5.41) is 4.47. The molecule has 0 bridgehead atoms. The molecule has 4 heteroatoms. The van der Waals surface area contributed by atoms with Crippen molar-refractivity contribution in [3.05, 3.63) is 33.3 Å². The number of nitrogens with one attached hydrogen (secondary N) is 1. The number of benzene rings is 1. The molecule has 1 saturated heterocycles. The lowest BCUT2D eigenvalue weighted by atomic mass is 9.87. The number of rotatable bonds is 5. The Kier molecular flexibility index (Phi) is 6.14. The van der Waals surface area contributed by atoms with Gasteiger partial charge in [-0.15, -0.1) is 0 Å². The van der Waals surface area contributed by atoms with Crippen molar-refractivity contribution in [2.45, 2.75) is 32.2 Å². The Morgan fingerprint density at radius 1 is 1.42 bits per heavy atom. The summed E-state index contributed by atoms with van der Waals surface area (Å²) in [6.07, 6.45) is 3.28. The molecule has 0 aromatic heterocycles. The molecule has 19 heavy (non-hydrogen) atoms. The zero-order valence-electron chi connectivity index (χ0n) is 11.3. The standard InChI is InChI=1S/C15H21BrClNO/c1-2-18-15(11-5-7-19-8-6-11)9-12-3-4-13(16)10-14(12)17/h3-4,10-11,15,18H,2,5-9H2,1H3. The number of likely N-dealkylation sites (N-methyl/N-ethyl adjacent to an activating group) is 1. The molecule has 2 rings (SSSR count). The number of ether oxygens (including phenoxy) is 1. The maximum atomic E-state index is 6.33. The Morgan fingerprint density at radius 3 is 2.79 bits per heavy atom. The lowest BCUT2D eigenvalue weighted by Crippen LogP contribution is -2.40. The molecular formula is C15H21BrClNO. The van der Waals surface area contributed by atoms with E-state index in [1.807, 2.05) is 6.07 Å². The minimum atomic E-state index is 0.493. The molecular weight excluding hydrogens is 326 g/mol. The number of hydrogen-bond acceptors (Lipinski definition) is 2. The van der Waals surface area contributed by atoms with Gasteiger partial charge < -0.3 is 10.1 Å². The zero-order valence-corrected chi connectivity index (χ0v) is 13.6. The first-order valence-corrected chi connectivity index (χ1v) is 8.13. The van der Waals surface area contributed by atoms with Gasteiger partial charge in [-0.2, -0.15) is 0 Å². The van der Waals surface area contributed by atoms with Crippen LogP contribution in [-0.4, -0.2) is 25.8 Å². The summed E-state index contributed by atoms with van der Waals surface area (Å²) in [5.74, 6) is 0.688. The largest absolute Gasteiger partial charge is 0.381 e. The van der Waals surface area contributed by atoms with E-state index >= 15 is 0 Å². The summed E-state index contributed by atoms with van der Waals surface area (Å²) < 4.78 is 6.49. The van der Waals surface area contributed by atoms with Crippen molar-refractivity contribution in [2.75, 3.05) is 19.8 Å². The van der Waals surface area contributed by atoms with Crippen molar-refractivity contribution in [3.63, 3.8) is 0 Å². The van der Waals surface area contributed by atoms with Crippen molar-refractivity contribution >= 4 is 27.5 Å². The van der Waals surface area contributed by atoms with Crippen LogP contribution >= 0.6 is 27.5 Å². The van der Waals surface area contributed by atoms with Gasteiger partial charge in [0.05, 0.1) is 0 Å². The highest BCUT2D eigenvalue weighted by atomic mass is 79.9. The molecule has 1 aromatic carbocycles. The van der Waals surface area contributed by atoms with Crippen LogP contribution in [0.5, 0.6) is 0 Å². The topological polar surface area (TPSA) is 21.3 Å². The van der Waals surface area contributed by atoms with Crippen LogP contribution in [0.2, 0.25) is 5.02 Å². The molecule has 1 N–H and O–H groups in total. The fourth-order valence-corrected chi connectivity index (χ4v) is 3.46. The fourth-order valence-electron chi connectivity index (χ4n) is 2.71. The summed E-state index contributed by atoms with van der Waals surface area (Å²) in [6.45, 7) is 4.94. The Hall–Kier alpha value is -0.0900. The summed E-state index contributed by atoms with van der Waals surface area (Å²) in [5.41, 5.74) is 1.22. The van der Waals surface area contributed by atoms with E-state index in [9.17, 15) is 0 Å². The lowest BCUT2D eigenvalue weighted by Gasteiger charge is -2.31. The molecule has 1 aliphatic heterocycles. The highest BCUT2D eigenvalue weighted by molar-refractivity contribution is 9.10. The molecule has 0 aliphatic carbocycles. The normalized spacial score (nSPS) is 18.5. The second kappa shape index (κ2) is 7.63. The Bertz CT molecular complexity index is 407. The second-order valence-electron chi connectivity index (χ2n) is 5.05. The molecule has 0 saturated carbocycles. The molecule has 1 fully saturated rings. The van der Waals surface area contributed by atoms with E-state index in [1.54, 1.807) is 0 Å².